The first-order valence-corrected chi connectivity index (χ1v) is 6.53. The quantitative estimate of drug-likeness (QED) is 0.742. The smallest absolute Gasteiger partial charge is 0.358 e. The van der Waals surface area contributed by atoms with E-state index in [1.165, 1.54) is 24.3 Å². The van der Waals surface area contributed by atoms with Gasteiger partial charge in [-0.05, 0) is 40.6 Å². The van der Waals surface area contributed by atoms with Crippen LogP contribution in [0.2, 0.25) is 0 Å². The van der Waals surface area contributed by atoms with Gasteiger partial charge in [0.05, 0.1) is 0 Å². The molecule has 9 heteroatoms. The summed E-state index contributed by atoms with van der Waals surface area (Å²) in [6, 6.07) is 7.69. The first-order chi connectivity index (χ1) is 11.4. The lowest BCUT2D eigenvalue weighted by atomic mass is 10.1. The van der Waals surface area contributed by atoms with Crippen molar-refractivity contribution < 1.29 is 27.9 Å². The standard InChI is InChI=1S/C15H8F3N3O3/c16-11-5-9(6-12(17)14(11)18)8-1-3-10(4-2-8)24-21-7-13(15(22)23)19-20-21/h1-7H,(H,22,23). The number of carboxylic acid groups (broad SMARTS) is 1. The van der Waals surface area contributed by atoms with E-state index in [1.807, 2.05) is 0 Å². The van der Waals surface area contributed by atoms with Gasteiger partial charge in [0.15, 0.2) is 28.9 Å². The minimum Gasteiger partial charge on any atom is -0.476 e. The Balaban J connectivity index is 1.81. The summed E-state index contributed by atoms with van der Waals surface area (Å²) in [6.07, 6.45) is 1.07. The van der Waals surface area contributed by atoms with E-state index in [0.717, 1.165) is 23.2 Å². The number of aromatic carboxylic acids is 1. The number of halogens is 3. The third-order valence-electron chi connectivity index (χ3n) is 3.06. The maximum Gasteiger partial charge on any atom is 0.358 e. The van der Waals surface area contributed by atoms with Gasteiger partial charge in [-0.2, -0.15) is 0 Å². The predicted molar refractivity (Wildman–Crippen MR) is 74.8 cm³/mol. The lowest BCUT2D eigenvalue weighted by Gasteiger charge is -2.06. The zero-order chi connectivity index (χ0) is 17.3. The normalized spacial score (nSPS) is 10.6. The van der Waals surface area contributed by atoms with Crippen LogP contribution in [0.1, 0.15) is 10.5 Å². The van der Waals surface area contributed by atoms with E-state index >= 15 is 0 Å². The first kappa shape index (κ1) is 15.5. The van der Waals surface area contributed by atoms with Crippen LogP contribution in [0, 0.1) is 17.5 Å². The number of carboxylic acids is 1. The lowest BCUT2D eigenvalue weighted by molar-refractivity contribution is 0.0689. The third-order valence-corrected chi connectivity index (χ3v) is 3.06. The summed E-state index contributed by atoms with van der Waals surface area (Å²) in [5, 5.41) is 15.6. The number of aromatic nitrogens is 3. The van der Waals surface area contributed by atoms with Crippen molar-refractivity contribution in [3.05, 3.63) is 65.7 Å². The van der Waals surface area contributed by atoms with Crippen LogP contribution in [-0.2, 0) is 0 Å². The fraction of sp³-hybridized carbons (Fsp3) is 0. The van der Waals surface area contributed by atoms with Gasteiger partial charge in [0.1, 0.15) is 6.20 Å². The molecule has 0 unspecified atom stereocenters. The molecule has 1 aromatic heterocycles. The van der Waals surface area contributed by atoms with Crippen molar-refractivity contribution in [2.75, 3.05) is 0 Å². The maximum absolute atomic E-state index is 13.3. The molecule has 3 aromatic rings. The van der Waals surface area contributed by atoms with E-state index in [4.69, 9.17) is 9.94 Å². The lowest BCUT2D eigenvalue weighted by Crippen LogP contribution is -2.05. The molecule has 1 heterocycles. The van der Waals surface area contributed by atoms with E-state index < -0.39 is 23.4 Å². The van der Waals surface area contributed by atoms with Crippen LogP contribution in [0.5, 0.6) is 5.75 Å². The minimum absolute atomic E-state index is 0.159. The van der Waals surface area contributed by atoms with Gasteiger partial charge < -0.3 is 9.94 Å². The summed E-state index contributed by atoms with van der Waals surface area (Å²) < 4.78 is 39.5. The van der Waals surface area contributed by atoms with Gasteiger partial charge in [0.2, 0.25) is 0 Å². The van der Waals surface area contributed by atoms with Gasteiger partial charge in [-0.25, -0.2) is 18.0 Å². The molecular weight excluding hydrogens is 327 g/mol. The van der Waals surface area contributed by atoms with E-state index in [2.05, 4.69) is 10.3 Å². The van der Waals surface area contributed by atoms with Crippen molar-refractivity contribution in [1.82, 2.24) is 15.2 Å². The summed E-state index contributed by atoms with van der Waals surface area (Å²) in [5.41, 5.74) is 0.306. The fourth-order valence-electron chi connectivity index (χ4n) is 1.93. The molecule has 0 aliphatic heterocycles. The van der Waals surface area contributed by atoms with Crippen LogP contribution in [0.3, 0.4) is 0 Å². The average Bonchev–Trinajstić information content (AvgIpc) is 3.02. The highest BCUT2D eigenvalue weighted by molar-refractivity contribution is 5.84. The van der Waals surface area contributed by atoms with E-state index in [1.54, 1.807) is 0 Å². The molecule has 122 valence electrons. The van der Waals surface area contributed by atoms with Crippen molar-refractivity contribution in [1.29, 1.82) is 0 Å². The molecular formula is C15H8F3N3O3. The minimum atomic E-state index is -1.53. The van der Waals surface area contributed by atoms with Gasteiger partial charge in [0.25, 0.3) is 0 Å². The molecule has 2 aromatic carbocycles. The van der Waals surface area contributed by atoms with Crippen molar-refractivity contribution in [2.24, 2.45) is 0 Å². The number of benzene rings is 2. The number of carbonyl (C=O) groups is 1. The van der Waals surface area contributed by atoms with Crippen LogP contribution in [0.25, 0.3) is 11.1 Å². The van der Waals surface area contributed by atoms with E-state index in [0.29, 0.717) is 5.56 Å². The van der Waals surface area contributed by atoms with Crippen LogP contribution >= 0.6 is 0 Å². The highest BCUT2D eigenvalue weighted by Crippen LogP contribution is 2.25. The molecule has 0 saturated carbocycles. The van der Waals surface area contributed by atoms with Gasteiger partial charge in [-0.3, -0.25) is 0 Å². The molecule has 0 amide bonds. The van der Waals surface area contributed by atoms with Gasteiger partial charge in [0, 0.05) is 0 Å². The summed E-state index contributed by atoms with van der Waals surface area (Å²) in [4.78, 5) is 16.8. The van der Waals surface area contributed by atoms with Crippen molar-refractivity contribution in [3.8, 4) is 16.9 Å². The molecule has 0 atom stereocenters. The summed E-state index contributed by atoms with van der Waals surface area (Å²) in [7, 11) is 0. The summed E-state index contributed by atoms with van der Waals surface area (Å²) in [6.45, 7) is 0. The van der Waals surface area contributed by atoms with Crippen molar-refractivity contribution >= 4 is 5.97 Å². The second kappa shape index (κ2) is 6.03. The highest BCUT2D eigenvalue weighted by Gasteiger charge is 2.12. The number of nitrogens with zero attached hydrogens (tertiary/aromatic N) is 3. The number of hydrogen-bond donors (Lipinski definition) is 1. The molecule has 6 nitrogen and oxygen atoms in total. The van der Waals surface area contributed by atoms with Gasteiger partial charge in [-0.15, -0.1) is 5.10 Å². The topological polar surface area (TPSA) is 77.2 Å². The molecule has 0 saturated heterocycles. The Morgan fingerprint density at radius 1 is 1.04 bits per heavy atom. The Bertz CT molecular complexity index is 887. The monoisotopic (exact) mass is 335 g/mol. The van der Waals surface area contributed by atoms with Crippen molar-refractivity contribution in [2.45, 2.75) is 0 Å². The van der Waals surface area contributed by atoms with Gasteiger partial charge in [-0.1, -0.05) is 17.0 Å². The second-order valence-electron chi connectivity index (χ2n) is 4.68. The average molecular weight is 335 g/mol. The summed E-state index contributed by atoms with van der Waals surface area (Å²) in [5.74, 6) is -5.06. The molecule has 24 heavy (non-hydrogen) atoms. The Morgan fingerprint density at radius 3 is 2.21 bits per heavy atom. The molecule has 1 N–H and O–H groups in total. The zero-order valence-corrected chi connectivity index (χ0v) is 11.8. The zero-order valence-electron chi connectivity index (χ0n) is 11.8. The molecule has 0 fully saturated rings. The Kier molecular flexibility index (Phi) is 3.90. The first-order valence-electron chi connectivity index (χ1n) is 6.53. The molecule has 0 aliphatic carbocycles. The second-order valence-corrected chi connectivity index (χ2v) is 4.68. The van der Waals surface area contributed by atoms with Crippen LogP contribution < -0.4 is 4.84 Å². The molecule has 0 bridgehead atoms. The Morgan fingerprint density at radius 2 is 1.67 bits per heavy atom. The highest BCUT2D eigenvalue weighted by atomic mass is 19.2. The maximum atomic E-state index is 13.3. The van der Waals surface area contributed by atoms with Gasteiger partial charge >= 0.3 is 5.97 Å². The predicted octanol–water partition coefficient (Wildman–Crippen LogP) is 2.90. The third kappa shape index (κ3) is 3.05. The molecule has 0 spiro atoms. The van der Waals surface area contributed by atoms with Crippen LogP contribution in [0.15, 0.2) is 42.6 Å². The fourth-order valence-corrected chi connectivity index (χ4v) is 1.93. The number of hydrogen-bond acceptors (Lipinski definition) is 4. The Labute approximate surface area is 132 Å². The Hall–Kier alpha value is -3.36. The molecule has 3 rings (SSSR count). The summed E-state index contributed by atoms with van der Waals surface area (Å²) >= 11 is 0. The number of rotatable bonds is 4. The SMILES string of the molecule is O=C(O)c1cn(Oc2ccc(-c3cc(F)c(F)c(F)c3)cc2)nn1. The van der Waals surface area contributed by atoms with Crippen molar-refractivity contribution in [3.63, 3.8) is 0 Å². The van der Waals surface area contributed by atoms with E-state index in [9.17, 15) is 18.0 Å². The van der Waals surface area contributed by atoms with E-state index in [-0.39, 0.29) is 17.0 Å². The largest absolute Gasteiger partial charge is 0.476 e. The van der Waals surface area contributed by atoms with Crippen LogP contribution in [0.4, 0.5) is 13.2 Å². The molecule has 0 aliphatic rings. The van der Waals surface area contributed by atoms with Crippen LogP contribution in [-0.4, -0.2) is 26.2 Å². The molecule has 0 radical (unpaired) electrons.